The van der Waals surface area contributed by atoms with Crippen LogP contribution in [0.4, 0.5) is 0 Å². The number of ether oxygens (including phenoxy) is 5. The molecule has 274 valence electrons. The molecular formula is C37H48O13. The van der Waals surface area contributed by atoms with Crippen LogP contribution in [-0.2, 0) is 47.7 Å². The van der Waals surface area contributed by atoms with Gasteiger partial charge in [0.15, 0.2) is 24.1 Å². The summed E-state index contributed by atoms with van der Waals surface area (Å²) in [5.74, 6) is -8.98. The van der Waals surface area contributed by atoms with Gasteiger partial charge in [0.25, 0.3) is 0 Å². The Morgan fingerprint density at radius 3 is 1.88 bits per heavy atom. The first-order valence-corrected chi connectivity index (χ1v) is 16.4. The van der Waals surface area contributed by atoms with Gasteiger partial charge in [0.05, 0.1) is 11.5 Å². The first-order valence-electron chi connectivity index (χ1n) is 16.4. The second kappa shape index (κ2) is 15.3. The van der Waals surface area contributed by atoms with Crippen LogP contribution in [0, 0.1) is 23.2 Å². The molecular weight excluding hydrogens is 652 g/mol. The van der Waals surface area contributed by atoms with Crippen LogP contribution in [-0.4, -0.2) is 87.6 Å². The minimum absolute atomic E-state index is 0.0598. The van der Waals surface area contributed by atoms with Crippen LogP contribution < -0.4 is 0 Å². The lowest BCUT2D eigenvalue weighted by molar-refractivity contribution is -0.216. The second-order valence-corrected chi connectivity index (χ2v) is 14.2. The molecule has 0 radical (unpaired) electrons. The van der Waals surface area contributed by atoms with Crippen LogP contribution in [0.2, 0.25) is 0 Å². The predicted molar refractivity (Wildman–Crippen MR) is 177 cm³/mol. The number of benzene rings is 1. The van der Waals surface area contributed by atoms with Crippen LogP contribution >= 0.6 is 0 Å². The number of Topliss-reactive ketones (excluding diaryl/α,β-unsaturated/α-hetero) is 1. The largest absolute Gasteiger partial charge is 0.459 e. The summed E-state index contributed by atoms with van der Waals surface area (Å²) in [6.45, 7) is 16.5. The smallest absolute Gasteiger partial charge is 0.338 e. The fraction of sp³-hybridized carbons (Fsp3) is 0.568. The Bertz CT molecular complexity index is 1520. The lowest BCUT2D eigenvalue weighted by atomic mass is 9.60. The molecule has 1 saturated carbocycles. The quantitative estimate of drug-likeness (QED) is 0.239. The Morgan fingerprint density at radius 1 is 0.820 bits per heavy atom. The summed E-state index contributed by atoms with van der Waals surface area (Å²) >= 11 is 0. The van der Waals surface area contributed by atoms with Crippen LogP contribution in [0.3, 0.4) is 0 Å². The number of rotatable bonds is 7. The fourth-order valence-electron chi connectivity index (χ4n) is 6.46. The minimum Gasteiger partial charge on any atom is -0.459 e. The normalized spacial score (nSPS) is 33.2. The fourth-order valence-corrected chi connectivity index (χ4v) is 6.46. The molecule has 0 saturated heterocycles. The molecule has 0 aromatic heterocycles. The molecule has 1 fully saturated rings. The molecule has 13 nitrogen and oxygen atoms in total. The summed E-state index contributed by atoms with van der Waals surface area (Å²) in [6, 6.07) is 7.72. The van der Waals surface area contributed by atoms with Crippen molar-refractivity contribution in [2.45, 2.75) is 110 Å². The molecule has 9 atom stereocenters. The zero-order valence-electron chi connectivity index (χ0n) is 30.0. The summed E-state index contributed by atoms with van der Waals surface area (Å²) in [5, 5.41) is 24.0. The molecule has 0 spiro atoms. The third-order valence-corrected chi connectivity index (χ3v) is 9.10. The molecule has 13 heteroatoms. The van der Waals surface area contributed by atoms with Crippen molar-refractivity contribution in [3.8, 4) is 0 Å². The monoisotopic (exact) mass is 700 g/mol. The predicted octanol–water partition coefficient (Wildman–Crippen LogP) is 3.43. The van der Waals surface area contributed by atoms with Crippen molar-refractivity contribution >= 4 is 35.6 Å². The van der Waals surface area contributed by atoms with Crippen molar-refractivity contribution in [2.75, 3.05) is 0 Å². The minimum atomic E-state index is -2.33. The van der Waals surface area contributed by atoms with E-state index < -0.39 is 107 Å². The lowest BCUT2D eigenvalue weighted by Gasteiger charge is -2.51. The number of hydrogen-bond acceptors (Lipinski definition) is 13. The average molecular weight is 701 g/mol. The SMILES string of the molecule is C=C1[C@H](OC(=O)c2ccccc2)[C@@H](OC(C)=O)[C@@H](OC(C)=O)C(C)(C)/C=C/[C@H](C)[C@]2(O)C[C@@](C)(O)[C@H](OC(C)=O)[C@@H](C2=O)[C@H]1OC(=O)C(C)C. The zero-order valence-corrected chi connectivity index (χ0v) is 30.0. The third kappa shape index (κ3) is 8.67. The zero-order chi connectivity index (χ0) is 37.9. The molecule has 1 aromatic carbocycles. The van der Waals surface area contributed by atoms with Gasteiger partial charge in [-0.1, -0.05) is 71.5 Å². The Kier molecular flexibility index (Phi) is 12.2. The number of hydrogen-bond donors (Lipinski definition) is 2. The number of esters is 5. The number of aliphatic hydroxyl groups is 2. The van der Waals surface area contributed by atoms with Gasteiger partial charge in [-0.3, -0.25) is 24.0 Å². The average Bonchev–Trinajstić information content (AvgIpc) is 3.01. The van der Waals surface area contributed by atoms with Gasteiger partial charge >= 0.3 is 29.8 Å². The summed E-state index contributed by atoms with van der Waals surface area (Å²) in [4.78, 5) is 79.6. The number of fused-ring (bicyclic) bond motifs is 2. The van der Waals surface area contributed by atoms with Gasteiger partial charge in [0, 0.05) is 44.1 Å². The van der Waals surface area contributed by atoms with Crippen LogP contribution in [0.1, 0.15) is 79.1 Å². The number of ketones is 1. The van der Waals surface area contributed by atoms with Crippen molar-refractivity contribution in [1.29, 1.82) is 0 Å². The summed E-state index contributed by atoms with van der Waals surface area (Å²) in [7, 11) is 0. The molecule has 0 unspecified atom stereocenters. The van der Waals surface area contributed by atoms with E-state index in [9.17, 15) is 39.0 Å². The summed E-state index contributed by atoms with van der Waals surface area (Å²) < 4.78 is 29.0. The van der Waals surface area contributed by atoms with Gasteiger partial charge in [-0.2, -0.15) is 0 Å². The molecule has 2 bridgehead atoms. The lowest BCUT2D eigenvalue weighted by Crippen LogP contribution is -2.68. The maximum absolute atomic E-state index is 14.7. The molecule has 2 aliphatic carbocycles. The van der Waals surface area contributed by atoms with Crippen LogP contribution in [0.5, 0.6) is 0 Å². The van der Waals surface area contributed by atoms with Gasteiger partial charge in [-0.25, -0.2) is 4.79 Å². The molecule has 2 N–H and O–H groups in total. The van der Waals surface area contributed by atoms with E-state index in [-0.39, 0.29) is 11.1 Å². The first-order chi connectivity index (χ1) is 23.0. The van der Waals surface area contributed by atoms with Crippen molar-refractivity contribution < 1.29 is 62.7 Å². The first kappa shape index (κ1) is 40.1. The van der Waals surface area contributed by atoms with E-state index in [4.69, 9.17) is 23.7 Å². The highest BCUT2D eigenvalue weighted by Gasteiger charge is 2.64. The second-order valence-electron chi connectivity index (χ2n) is 14.2. The highest BCUT2D eigenvalue weighted by Crippen LogP contribution is 2.47. The molecule has 3 rings (SSSR count). The van der Waals surface area contributed by atoms with Crippen molar-refractivity contribution in [1.82, 2.24) is 0 Å². The Hall–Kier alpha value is -4.36. The highest BCUT2D eigenvalue weighted by molar-refractivity contribution is 5.93. The topological polar surface area (TPSA) is 189 Å². The van der Waals surface area contributed by atoms with Crippen molar-refractivity contribution in [2.24, 2.45) is 23.2 Å². The number of carbonyl (C=O) groups is 6. The van der Waals surface area contributed by atoms with E-state index in [2.05, 4.69) is 6.58 Å². The molecule has 50 heavy (non-hydrogen) atoms. The molecule has 0 amide bonds. The van der Waals surface area contributed by atoms with E-state index in [1.54, 1.807) is 38.1 Å². The van der Waals surface area contributed by atoms with Crippen molar-refractivity contribution in [3.05, 3.63) is 60.2 Å². The maximum atomic E-state index is 14.7. The van der Waals surface area contributed by atoms with Crippen LogP contribution in [0.15, 0.2) is 54.6 Å². The van der Waals surface area contributed by atoms with Gasteiger partial charge < -0.3 is 33.9 Å². The van der Waals surface area contributed by atoms with Gasteiger partial charge in [-0.05, 0) is 19.1 Å². The van der Waals surface area contributed by atoms with E-state index in [0.717, 1.165) is 20.8 Å². The van der Waals surface area contributed by atoms with Crippen LogP contribution in [0.25, 0.3) is 0 Å². The van der Waals surface area contributed by atoms with Gasteiger partial charge in [0.1, 0.15) is 29.3 Å². The van der Waals surface area contributed by atoms with Crippen molar-refractivity contribution in [3.63, 3.8) is 0 Å². The molecule has 0 heterocycles. The molecule has 2 aliphatic rings. The standard InChI is InChI=1S/C37H48O13/c1-19(2)33(42)49-27-21(4)28(50-34(43)25-14-12-11-13-15-25)29(46-22(5)38)32(48-24(7)40)35(8,9)17-16-20(3)37(45)18-36(10,44)31(47-23(6)39)26(27)30(37)41/h11-17,19-20,26-29,31-32,44-45H,4,18H2,1-3,5-10H3/b17-16+/t20-,26+,27-,28-,29+,31+,32+,36+,37+/m0/s1. The summed E-state index contributed by atoms with van der Waals surface area (Å²) in [6.07, 6.45) is -6.04. The maximum Gasteiger partial charge on any atom is 0.338 e. The van der Waals surface area contributed by atoms with Gasteiger partial charge in [0.2, 0.25) is 0 Å². The van der Waals surface area contributed by atoms with Gasteiger partial charge in [-0.15, -0.1) is 0 Å². The number of carbonyl (C=O) groups excluding carboxylic acids is 6. The third-order valence-electron chi connectivity index (χ3n) is 9.10. The molecule has 0 aliphatic heterocycles. The van der Waals surface area contributed by atoms with E-state index in [1.807, 2.05) is 0 Å². The van der Waals surface area contributed by atoms with E-state index in [1.165, 1.54) is 45.9 Å². The van der Waals surface area contributed by atoms with E-state index in [0.29, 0.717) is 0 Å². The summed E-state index contributed by atoms with van der Waals surface area (Å²) in [5.41, 5.74) is -5.98. The molecule has 1 aromatic rings. The Labute approximate surface area is 291 Å². The van der Waals surface area contributed by atoms with E-state index >= 15 is 0 Å². The Morgan fingerprint density at radius 2 is 1.36 bits per heavy atom. The Balaban J connectivity index is 2.50. The highest BCUT2D eigenvalue weighted by atomic mass is 16.6.